The fourth-order valence-corrected chi connectivity index (χ4v) is 4.73. The van der Waals surface area contributed by atoms with E-state index in [1.54, 1.807) is 0 Å². The van der Waals surface area contributed by atoms with Crippen LogP contribution in [0, 0.1) is 5.92 Å². The topological polar surface area (TPSA) is 113 Å². The summed E-state index contributed by atoms with van der Waals surface area (Å²) >= 11 is 0. The van der Waals surface area contributed by atoms with Gasteiger partial charge in [-0.15, -0.1) is 0 Å². The number of halogens is 3. The molecule has 1 unspecified atom stereocenters. The smallest absolute Gasteiger partial charge is 0.480 e. The first-order chi connectivity index (χ1) is 16.5. The summed E-state index contributed by atoms with van der Waals surface area (Å²) in [6.45, 7) is 0. The van der Waals surface area contributed by atoms with E-state index in [4.69, 9.17) is 4.42 Å². The number of aryl methyl sites for hydroxylation is 1. The Morgan fingerprint density at radius 3 is 2.60 bits per heavy atom. The molecule has 35 heavy (non-hydrogen) atoms. The number of carbonyl (C=O) groups excluding carboxylic acids is 2. The number of oxazole rings is 1. The van der Waals surface area contributed by atoms with Gasteiger partial charge in [-0.3, -0.25) is 9.36 Å². The number of carboxylic acid groups (broad SMARTS) is 1. The number of imide groups is 1. The number of nitrogens with zero attached hydrogens (tertiary/aromatic N) is 3. The third kappa shape index (κ3) is 3.44. The number of hydrogen-bond donors (Lipinski definition) is 1. The third-order valence-electron chi connectivity index (χ3n) is 6.39. The second-order valence-electron chi connectivity index (χ2n) is 8.33. The van der Waals surface area contributed by atoms with Gasteiger partial charge in [0.2, 0.25) is 5.92 Å². The highest BCUT2D eigenvalue weighted by Gasteiger charge is 2.53. The summed E-state index contributed by atoms with van der Waals surface area (Å²) < 4.78 is 47.8. The van der Waals surface area contributed by atoms with Crippen molar-refractivity contribution in [3.8, 4) is 0 Å². The fraction of sp³-hybridized carbons (Fsp3) is 0.261. The number of alkyl halides is 3. The van der Waals surface area contributed by atoms with Crippen molar-refractivity contribution in [2.45, 2.75) is 25.1 Å². The molecule has 5 rings (SSSR count). The van der Waals surface area contributed by atoms with Gasteiger partial charge in [0, 0.05) is 18.7 Å². The molecule has 0 radical (unpaired) electrons. The molecule has 12 heteroatoms. The molecular formula is C23H17F3N3O6+. The number of hydrogen-bond acceptors (Lipinski definition) is 5. The summed E-state index contributed by atoms with van der Waals surface area (Å²) in [5.41, 5.74) is -0.0361. The van der Waals surface area contributed by atoms with Gasteiger partial charge in [-0.25, -0.2) is 9.59 Å². The molecule has 0 bridgehead atoms. The molecule has 9 nitrogen and oxygen atoms in total. The van der Waals surface area contributed by atoms with Crippen molar-refractivity contribution in [1.82, 2.24) is 9.47 Å². The Kier molecular flexibility index (Phi) is 4.93. The van der Waals surface area contributed by atoms with Crippen LogP contribution in [0.5, 0.6) is 0 Å². The molecule has 0 fully saturated rings. The van der Waals surface area contributed by atoms with Crippen LogP contribution in [0.3, 0.4) is 0 Å². The molecule has 2 aliphatic rings. The van der Waals surface area contributed by atoms with Crippen LogP contribution in [0.1, 0.15) is 29.2 Å². The minimum absolute atomic E-state index is 0.0205. The molecule has 0 spiro atoms. The predicted molar refractivity (Wildman–Crippen MR) is 113 cm³/mol. The lowest BCUT2D eigenvalue weighted by molar-refractivity contribution is -0.345. The van der Waals surface area contributed by atoms with Crippen LogP contribution in [-0.2, 0) is 29.2 Å². The lowest BCUT2D eigenvalue weighted by atomic mass is 9.99. The summed E-state index contributed by atoms with van der Waals surface area (Å²) in [6, 6.07) is 5.85. The Labute approximate surface area is 194 Å². The number of urea groups is 1. The molecule has 0 saturated carbocycles. The van der Waals surface area contributed by atoms with Gasteiger partial charge in [-0.2, -0.15) is 27.4 Å². The van der Waals surface area contributed by atoms with Crippen LogP contribution < -0.4 is 5.76 Å². The second kappa shape index (κ2) is 7.65. The third-order valence-corrected chi connectivity index (χ3v) is 6.39. The zero-order valence-corrected chi connectivity index (χ0v) is 18.1. The molecule has 1 N–H and O–H groups in total. The molecule has 1 aliphatic carbocycles. The van der Waals surface area contributed by atoms with Crippen LogP contribution >= 0.6 is 0 Å². The van der Waals surface area contributed by atoms with Crippen molar-refractivity contribution >= 4 is 40.9 Å². The molecule has 2 atom stereocenters. The molecule has 1 aromatic heterocycles. The van der Waals surface area contributed by atoms with Crippen LogP contribution in [0.2, 0.25) is 0 Å². The van der Waals surface area contributed by atoms with Gasteiger partial charge in [0.15, 0.2) is 5.58 Å². The van der Waals surface area contributed by atoms with Crippen LogP contribution in [0.4, 0.5) is 23.7 Å². The molecule has 180 valence electrons. The Morgan fingerprint density at radius 1 is 1.17 bits per heavy atom. The predicted octanol–water partition coefficient (Wildman–Crippen LogP) is 3.22. The van der Waals surface area contributed by atoms with Crippen LogP contribution in [0.15, 0.2) is 45.6 Å². The summed E-state index contributed by atoms with van der Waals surface area (Å²) in [6.07, 6.45) is -3.69. The van der Waals surface area contributed by atoms with E-state index in [2.05, 4.69) is 0 Å². The normalized spacial score (nSPS) is 20.3. The number of amides is 3. The van der Waals surface area contributed by atoms with E-state index in [1.165, 1.54) is 41.9 Å². The molecule has 2 heterocycles. The number of carboxylic acids is 1. The number of carbonyl (C=O) groups is 3. The quantitative estimate of drug-likeness (QED) is 0.448. The van der Waals surface area contributed by atoms with Crippen molar-refractivity contribution in [2.75, 3.05) is 0 Å². The number of benzene rings is 2. The average molecular weight is 488 g/mol. The summed E-state index contributed by atoms with van der Waals surface area (Å²) in [5, 5.41) is 9.65. The van der Waals surface area contributed by atoms with Gasteiger partial charge >= 0.3 is 29.8 Å². The minimum Gasteiger partial charge on any atom is -0.480 e. The summed E-state index contributed by atoms with van der Waals surface area (Å²) in [5.74, 6) is -4.95. The molecule has 3 aromatic rings. The number of rotatable bonds is 3. The van der Waals surface area contributed by atoms with E-state index < -0.39 is 47.4 Å². The Balaban J connectivity index is 1.62. The molecule has 1 aliphatic heterocycles. The van der Waals surface area contributed by atoms with Gasteiger partial charge in [-0.1, -0.05) is 12.1 Å². The monoisotopic (exact) mass is 488 g/mol. The van der Waals surface area contributed by atoms with Gasteiger partial charge in [0.25, 0.3) is 0 Å². The Bertz CT molecular complexity index is 1520. The lowest BCUT2D eigenvalue weighted by Gasteiger charge is -2.26. The highest BCUT2D eigenvalue weighted by atomic mass is 19.4. The first-order valence-corrected chi connectivity index (χ1v) is 10.5. The van der Waals surface area contributed by atoms with E-state index >= 15 is 0 Å². The van der Waals surface area contributed by atoms with Gasteiger partial charge in [0.1, 0.15) is 17.9 Å². The average Bonchev–Trinajstić information content (AvgIpc) is 3.33. The van der Waals surface area contributed by atoms with Crippen molar-refractivity contribution in [3.05, 3.63) is 63.6 Å². The first-order valence-electron chi connectivity index (χ1n) is 10.5. The van der Waals surface area contributed by atoms with Crippen LogP contribution in [0.25, 0.3) is 11.1 Å². The molecular weight excluding hydrogens is 471 g/mol. The number of aliphatic carboxylic acids is 1. The van der Waals surface area contributed by atoms with Gasteiger partial charge < -0.3 is 9.52 Å². The summed E-state index contributed by atoms with van der Waals surface area (Å²) in [4.78, 5) is 51.0. The van der Waals surface area contributed by atoms with Crippen molar-refractivity contribution in [2.24, 2.45) is 13.0 Å². The van der Waals surface area contributed by atoms with Gasteiger partial charge in [-0.05, 0) is 36.6 Å². The summed E-state index contributed by atoms with van der Waals surface area (Å²) in [7, 11) is 1.49. The fourth-order valence-electron chi connectivity index (χ4n) is 4.73. The zero-order valence-electron chi connectivity index (χ0n) is 18.1. The van der Waals surface area contributed by atoms with Crippen molar-refractivity contribution in [3.63, 3.8) is 0 Å². The maximum atomic E-state index is 13.5. The van der Waals surface area contributed by atoms with E-state index in [-0.39, 0.29) is 35.2 Å². The highest BCUT2D eigenvalue weighted by Crippen LogP contribution is 2.44. The van der Waals surface area contributed by atoms with E-state index in [0.717, 1.165) is 21.8 Å². The molecule has 3 amide bonds. The Morgan fingerprint density at radius 2 is 1.91 bits per heavy atom. The minimum atomic E-state index is -4.62. The van der Waals surface area contributed by atoms with E-state index in [9.17, 15) is 37.5 Å². The highest BCUT2D eigenvalue weighted by molar-refractivity contribution is 6.16. The van der Waals surface area contributed by atoms with Gasteiger partial charge in [0.05, 0.1) is 11.1 Å². The zero-order chi connectivity index (χ0) is 25.2. The van der Waals surface area contributed by atoms with E-state index in [1.807, 2.05) is 0 Å². The number of fused-ring (bicyclic) bond motifs is 2. The Hall–Kier alpha value is -4.22. The maximum absolute atomic E-state index is 13.5. The van der Waals surface area contributed by atoms with Crippen LogP contribution in [-0.4, -0.2) is 43.3 Å². The first kappa shape index (κ1) is 22.6. The second-order valence-corrected chi connectivity index (χ2v) is 8.33. The lowest BCUT2D eigenvalue weighted by Crippen LogP contribution is -2.53. The SMILES string of the molecule is Cn1c(=O)oc2cc([N+]3=CC(C(=O)O)C(=O)N([C@@H]4CCc5c4cccc5C(F)(F)F)C3=O)ccc21. The molecule has 0 saturated heterocycles. The largest absolute Gasteiger partial charge is 0.506 e. The van der Waals surface area contributed by atoms with Crippen molar-refractivity contribution in [1.29, 1.82) is 0 Å². The molecule has 2 aromatic carbocycles. The van der Waals surface area contributed by atoms with Crippen molar-refractivity contribution < 1.29 is 41.7 Å². The number of aromatic nitrogens is 1. The van der Waals surface area contributed by atoms with E-state index in [0.29, 0.717) is 5.52 Å². The maximum Gasteiger partial charge on any atom is 0.506 e. The standard InChI is InChI=1S/C23H16F3N3O6/c1-27-17-7-5-11(9-18(17)35-22(27)34)28-10-14(20(31)32)19(30)29(21(28)33)16-8-6-12-13(16)3-2-4-15(12)23(24,25)26/h2-5,7,9-10,14,16H,6,8H2,1H3/p+1/t14?,16-/m1/s1.